The lowest BCUT2D eigenvalue weighted by molar-refractivity contribution is 0.156. The summed E-state index contributed by atoms with van der Waals surface area (Å²) >= 11 is 0. The molecule has 0 saturated carbocycles. The first-order chi connectivity index (χ1) is 7.67. The van der Waals surface area contributed by atoms with Crippen molar-refractivity contribution in [3.8, 4) is 0 Å². The third kappa shape index (κ3) is 3.69. The minimum absolute atomic E-state index is 0.0578. The molecule has 1 aromatic carbocycles. The van der Waals surface area contributed by atoms with Crippen molar-refractivity contribution in [1.82, 2.24) is 4.90 Å². The van der Waals surface area contributed by atoms with Crippen LogP contribution in [0.4, 0.5) is 11.4 Å². The molecule has 0 amide bonds. The topological polar surface area (TPSA) is 95.7 Å². The van der Waals surface area contributed by atoms with E-state index < -0.39 is 0 Å². The Morgan fingerprint density at radius 3 is 2.25 bits per heavy atom. The normalized spacial score (nSPS) is 10.9. The second-order valence-electron chi connectivity index (χ2n) is 3.68. The number of hydrogen-bond acceptors (Lipinski definition) is 5. The van der Waals surface area contributed by atoms with Crippen LogP contribution in [0.15, 0.2) is 18.2 Å². The van der Waals surface area contributed by atoms with E-state index in [1.807, 2.05) is 11.0 Å². The molecule has 0 aliphatic carbocycles. The Balaban J connectivity index is 2.71. The van der Waals surface area contributed by atoms with Gasteiger partial charge in [0.05, 0.1) is 13.2 Å². The van der Waals surface area contributed by atoms with E-state index in [1.54, 1.807) is 12.1 Å². The summed E-state index contributed by atoms with van der Waals surface area (Å²) in [5.74, 6) is 0. The van der Waals surface area contributed by atoms with Gasteiger partial charge in [0.1, 0.15) is 0 Å². The monoisotopic (exact) mass is 225 g/mol. The maximum atomic E-state index is 8.89. The number of nitrogen functional groups attached to an aromatic ring is 2. The molecule has 90 valence electrons. The van der Waals surface area contributed by atoms with Crippen molar-refractivity contribution in [2.45, 2.75) is 6.54 Å². The van der Waals surface area contributed by atoms with Gasteiger partial charge < -0.3 is 21.7 Å². The summed E-state index contributed by atoms with van der Waals surface area (Å²) in [5, 5.41) is 17.8. The summed E-state index contributed by atoms with van der Waals surface area (Å²) in [5.41, 5.74) is 13.8. The molecule has 0 radical (unpaired) electrons. The maximum absolute atomic E-state index is 8.89. The molecular formula is C11H19N3O2. The molecule has 0 aliphatic rings. The van der Waals surface area contributed by atoms with Crippen LogP contribution in [-0.2, 0) is 6.54 Å². The van der Waals surface area contributed by atoms with E-state index in [9.17, 15) is 0 Å². The highest BCUT2D eigenvalue weighted by atomic mass is 16.3. The number of nitrogens with zero attached hydrogens (tertiary/aromatic N) is 1. The highest BCUT2D eigenvalue weighted by Crippen LogP contribution is 2.17. The zero-order valence-electron chi connectivity index (χ0n) is 9.26. The molecule has 5 nitrogen and oxygen atoms in total. The van der Waals surface area contributed by atoms with E-state index in [0.29, 0.717) is 31.0 Å². The van der Waals surface area contributed by atoms with Crippen LogP contribution in [0.2, 0.25) is 0 Å². The van der Waals surface area contributed by atoms with Gasteiger partial charge in [-0.3, -0.25) is 4.90 Å². The van der Waals surface area contributed by atoms with E-state index in [-0.39, 0.29) is 13.2 Å². The minimum atomic E-state index is 0.0578. The van der Waals surface area contributed by atoms with Crippen molar-refractivity contribution in [3.63, 3.8) is 0 Å². The van der Waals surface area contributed by atoms with Crippen molar-refractivity contribution >= 4 is 11.4 Å². The first-order valence-corrected chi connectivity index (χ1v) is 5.25. The molecule has 0 atom stereocenters. The molecule has 0 aliphatic heterocycles. The number of aliphatic hydroxyl groups is 2. The summed E-state index contributed by atoms with van der Waals surface area (Å²) in [6, 6.07) is 5.33. The van der Waals surface area contributed by atoms with Crippen LogP contribution >= 0.6 is 0 Å². The Hall–Kier alpha value is -1.30. The molecule has 0 spiro atoms. The fourth-order valence-corrected chi connectivity index (χ4v) is 1.56. The van der Waals surface area contributed by atoms with E-state index >= 15 is 0 Å². The van der Waals surface area contributed by atoms with Crippen LogP contribution < -0.4 is 11.5 Å². The Labute approximate surface area is 95.3 Å². The highest BCUT2D eigenvalue weighted by Gasteiger charge is 2.07. The van der Waals surface area contributed by atoms with Gasteiger partial charge in [-0.2, -0.15) is 0 Å². The van der Waals surface area contributed by atoms with Crippen molar-refractivity contribution < 1.29 is 10.2 Å². The fraction of sp³-hybridized carbons (Fsp3) is 0.455. The third-order valence-electron chi connectivity index (χ3n) is 2.39. The van der Waals surface area contributed by atoms with Gasteiger partial charge in [-0.25, -0.2) is 0 Å². The average Bonchev–Trinajstić information content (AvgIpc) is 2.24. The van der Waals surface area contributed by atoms with Gasteiger partial charge >= 0.3 is 0 Å². The number of aliphatic hydroxyl groups excluding tert-OH is 2. The van der Waals surface area contributed by atoms with E-state index in [2.05, 4.69) is 0 Å². The summed E-state index contributed by atoms with van der Waals surface area (Å²) in [4.78, 5) is 1.92. The van der Waals surface area contributed by atoms with Crippen LogP contribution in [0.1, 0.15) is 5.56 Å². The van der Waals surface area contributed by atoms with E-state index in [4.69, 9.17) is 21.7 Å². The molecule has 5 heteroatoms. The molecule has 0 aromatic heterocycles. The lowest BCUT2D eigenvalue weighted by atomic mass is 10.1. The van der Waals surface area contributed by atoms with Crippen LogP contribution in [0.3, 0.4) is 0 Å². The van der Waals surface area contributed by atoms with Gasteiger partial charge in [0.15, 0.2) is 0 Å². The van der Waals surface area contributed by atoms with Gasteiger partial charge in [0.25, 0.3) is 0 Å². The molecular weight excluding hydrogens is 206 g/mol. The van der Waals surface area contributed by atoms with Gasteiger partial charge in [0.2, 0.25) is 0 Å². The zero-order valence-corrected chi connectivity index (χ0v) is 9.26. The summed E-state index contributed by atoms with van der Waals surface area (Å²) < 4.78 is 0. The van der Waals surface area contributed by atoms with Crippen LogP contribution in [0.5, 0.6) is 0 Å². The van der Waals surface area contributed by atoms with Crippen LogP contribution in [0, 0.1) is 0 Å². The van der Waals surface area contributed by atoms with Gasteiger partial charge in [-0.1, -0.05) is 0 Å². The summed E-state index contributed by atoms with van der Waals surface area (Å²) in [7, 11) is 0. The number of benzene rings is 1. The van der Waals surface area contributed by atoms with Crippen LogP contribution in [-0.4, -0.2) is 41.4 Å². The van der Waals surface area contributed by atoms with Gasteiger partial charge in [-0.15, -0.1) is 0 Å². The third-order valence-corrected chi connectivity index (χ3v) is 2.39. The van der Waals surface area contributed by atoms with E-state index in [1.165, 1.54) is 0 Å². The molecule has 0 unspecified atom stereocenters. The smallest absolute Gasteiger partial charge is 0.0558 e. The SMILES string of the molecule is Nc1ccc(N)c(CN(CCO)CCO)c1. The number of nitrogens with two attached hydrogens (primary N) is 2. The van der Waals surface area contributed by atoms with E-state index in [0.717, 1.165) is 5.56 Å². The highest BCUT2D eigenvalue weighted by molar-refractivity contribution is 5.55. The Kier molecular flexibility index (Phi) is 5.04. The standard InChI is InChI=1S/C11H19N3O2/c12-10-1-2-11(13)9(7-10)8-14(3-5-15)4-6-16/h1-2,7,15-16H,3-6,8,12-13H2. The first kappa shape index (κ1) is 12.8. The Morgan fingerprint density at radius 2 is 1.69 bits per heavy atom. The lowest BCUT2D eigenvalue weighted by Gasteiger charge is -2.21. The van der Waals surface area contributed by atoms with Gasteiger partial charge in [-0.05, 0) is 23.8 Å². The summed E-state index contributed by atoms with van der Waals surface area (Å²) in [6.45, 7) is 1.71. The molecule has 0 fully saturated rings. The average molecular weight is 225 g/mol. The predicted molar refractivity (Wildman–Crippen MR) is 64.7 cm³/mol. The van der Waals surface area contributed by atoms with Gasteiger partial charge in [0, 0.05) is 31.0 Å². The number of rotatable bonds is 6. The van der Waals surface area contributed by atoms with Crippen molar-refractivity contribution in [2.24, 2.45) is 0 Å². The molecule has 16 heavy (non-hydrogen) atoms. The molecule has 0 heterocycles. The summed E-state index contributed by atoms with van der Waals surface area (Å²) in [6.07, 6.45) is 0. The quantitative estimate of drug-likeness (QED) is 0.496. The molecule has 1 rings (SSSR count). The lowest BCUT2D eigenvalue weighted by Crippen LogP contribution is -2.29. The van der Waals surface area contributed by atoms with Crippen LogP contribution in [0.25, 0.3) is 0 Å². The number of hydrogen-bond donors (Lipinski definition) is 4. The number of anilines is 2. The fourth-order valence-electron chi connectivity index (χ4n) is 1.56. The predicted octanol–water partition coefficient (Wildman–Crippen LogP) is -0.362. The first-order valence-electron chi connectivity index (χ1n) is 5.25. The van der Waals surface area contributed by atoms with Crippen molar-refractivity contribution in [1.29, 1.82) is 0 Å². The molecule has 6 N–H and O–H groups in total. The largest absolute Gasteiger partial charge is 0.399 e. The molecule has 0 bridgehead atoms. The molecule has 0 saturated heterocycles. The van der Waals surface area contributed by atoms with Crippen molar-refractivity contribution in [3.05, 3.63) is 23.8 Å². The second kappa shape index (κ2) is 6.32. The second-order valence-corrected chi connectivity index (χ2v) is 3.68. The maximum Gasteiger partial charge on any atom is 0.0558 e. The zero-order chi connectivity index (χ0) is 12.0. The minimum Gasteiger partial charge on any atom is -0.399 e. The molecule has 1 aromatic rings. The Morgan fingerprint density at radius 1 is 1.06 bits per heavy atom. The van der Waals surface area contributed by atoms with Crippen molar-refractivity contribution in [2.75, 3.05) is 37.8 Å². The Bertz CT molecular complexity index is 325.